The van der Waals surface area contributed by atoms with Crippen LogP contribution in [0.3, 0.4) is 0 Å². The van der Waals surface area contributed by atoms with Crippen molar-refractivity contribution in [1.82, 2.24) is 20.5 Å². The zero-order valence-corrected chi connectivity index (χ0v) is 19.2. The summed E-state index contributed by atoms with van der Waals surface area (Å²) < 4.78 is 24.4. The summed E-state index contributed by atoms with van der Waals surface area (Å²) in [7, 11) is 0. The first-order valence-corrected chi connectivity index (χ1v) is 10.8. The number of aryl methyl sites for hydroxylation is 1. The minimum Gasteiger partial charge on any atom is -0.484 e. The second-order valence-corrected chi connectivity index (χ2v) is 7.83. The average molecular weight is 471 g/mol. The summed E-state index contributed by atoms with van der Waals surface area (Å²) in [5, 5.41) is 5.25. The second-order valence-electron chi connectivity index (χ2n) is 7.83. The molecule has 2 N–H and O–H groups in total. The maximum atomic E-state index is 13.5. The lowest BCUT2D eigenvalue weighted by Crippen LogP contribution is -2.32. The molecule has 2 heterocycles. The predicted molar refractivity (Wildman–Crippen MR) is 122 cm³/mol. The summed E-state index contributed by atoms with van der Waals surface area (Å²) in [6.07, 6.45) is 4.11. The summed E-state index contributed by atoms with van der Waals surface area (Å²) in [6.45, 7) is 7.89. The molecule has 3 rings (SSSR count). The van der Waals surface area contributed by atoms with E-state index in [0.717, 1.165) is 5.57 Å². The molecule has 0 saturated heterocycles. The van der Waals surface area contributed by atoms with Crippen LogP contribution in [0.5, 0.6) is 5.75 Å². The van der Waals surface area contributed by atoms with Crippen molar-refractivity contribution >= 4 is 23.3 Å². The number of carbonyl (C=O) groups excluding carboxylic acids is 3. The molecule has 1 aliphatic heterocycles. The number of benzene rings is 1. The number of nitrogens with one attached hydrogen (secondary N) is 2. The SMILES string of the molecule is C=C(CCNC(=O)c1cnc(C2=CCN(C(C)=O)CC2)o1)NC(=O)COc1ccc(C)c(F)c1. The van der Waals surface area contributed by atoms with E-state index in [1.165, 1.54) is 19.2 Å². The van der Waals surface area contributed by atoms with Gasteiger partial charge in [0.05, 0.1) is 6.20 Å². The van der Waals surface area contributed by atoms with Crippen LogP contribution in [0.2, 0.25) is 0 Å². The molecule has 9 nitrogen and oxygen atoms in total. The van der Waals surface area contributed by atoms with Gasteiger partial charge in [-0.2, -0.15) is 0 Å². The Labute approximate surface area is 196 Å². The van der Waals surface area contributed by atoms with Gasteiger partial charge < -0.3 is 24.7 Å². The van der Waals surface area contributed by atoms with Crippen molar-refractivity contribution in [2.45, 2.75) is 26.7 Å². The van der Waals surface area contributed by atoms with Crippen molar-refractivity contribution in [3.8, 4) is 5.75 Å². The molecule has 180 valence electrons. The van der Waals surface area contributed by atoms with E-state index in [9.17, 15) is 18.8 Å². The highest BCUT2D eigenvalue weighted by molar-refractivity contribution is 5.91. The van der Waals surface area contributed by atoms with Gasteiger partial charge in [-0.3, -0.25) is 14.4 Å². The van der Waals surface area contributed by atoms with Gasteiger partial charge in [0.2, 0.25) is 17.6 Å². The summed E-state index contributed by atoms with van der Waals surface area (Å²) in [6, 6.07) is 4.36. The Morgan fingerprint density at radius 1 is 1.32 bits per heavy atom. The largest absolute Gasteiger partial charge is 0.484 e. The van der Waals surface area contributed by atoms with Gasteiger partial charge in [-0.15, -0.1) is 0 Å². The lowest BCUT2D eigenvalue weighted by atomic mass is 10.1. The van der Waals surface area contributed by atoms with Crippen molar-refractivity contribution in [2.75, 3.05) is 26.2 Å². The topological polar surface area (TPSA) is 114 Å². The van der Waals surface area contributed by atoms with Crippen molar-refractivity contribution in [1.29, 1.82) is 0 Å². The number of oxazole rings is 1. The lowest BCUT2D eigenvalue weighted by molar-refractivity contribution is -0.128. The van der Waals surface area contributed by atoms with E-state index in [-0.39, 0.29) is 30.6 Å². The normalized spacial score (nSPS) is 13.1. The highest BCUT2D eigenvalue weighted by atomic mass is 19.1. The number of halogens is 1. The first kappa shape index (κ1) is 24.7. The maximum absolute atomic E-state index is 13.5. The number of rotatable bonds is 9. The van der Waals surface area contributed by atoms with Crippen LogP contribution in [-0.4, -0.2) is 53.8 Å². The Hall–Kier alpha value is -3.95. The van der Waals surface area contributed by atoms with E-state index in [1.807, 2.05) is 6.08 Å². The molecule has 34 heavy (non-hydrogen) atoms. The second kappa shape index (κ2) is 11.3. The molecule has 0 bridgehead atoms. The first-order valence-electron chi connectivity index (χ1n) is 10.8. The molecule has 0 unspecified atom stereocenters. The highest BCUT2D eigenvalue weighted by Gasteiger charge is 2.19. The molecule has 1 aromatic heterocycles. The summed E-state index contributed by atoms with van der Waals surface area (Å²) in [5.74, 6) is -0.605. The molecule has 3 amide bonds. The van der Waals surface area contributed by atoms with Crippen LogP contribution < -0.4 is 15.4 Å². The predicted octanol–water partition coefficient (Wildman–Crippen LogP) is 2.59. The molecule has 10 heteroatoms. The third kappa shape index (κ3) is 6.77. The zero-order chi connectivity index (χ0) is 24.7. The number of ether oxygens (including phenoxy) is 1. The number of aromatic nitrogens is 1. The molecule has 0 spiro atoms. The summed E-state index contributed by atoms with van der Waals surface area (Å²) in [4.78, 5) is 41.6. The molecule has 0 fully saturated rings. The molecule has 2 aromatic rings. The number of amides is 3. The number of nitrogens with zero attached hydrogens (tertiary/aromatic N) is 2. The van der Waals surface area contributed by atoms with Crippen LogP contribution in [0, 0.1) is 12.7 Å². The zero-order valence-electron chi connectivity index (χ0n) is 19.2. The van der Waals surface area contributed by atoms with E-state index in [1.54, 1.807) is 24.0 Å². The van der Waals surface area contributed by atoms with Gasteiger partial charge in [-0.05, 0) is 25.0 Å². The Balaban J connectivity index is 1.38. The minimum absolute atomic E-state index is 0.00901. The van der Waals surface area contributed by atoms with E-state index < -0.39 is 17.6 Å². The fourth-order valence-electron chi connectivity index (χ4n) is 3.20. The Kier molecular flexibility index (Phi) is 8.18. The van der Waals surface area contributed by atoms with Crippen LogP contribution in [0.15, 0.2) is 47.2 Å². The number of hydrogen-bond donors (Lipinski definition) is 2. The Bertz CT molecular complexity index is 1120. The smallest absolute Gasteiger partial charge is 0.288 e. The number of carbonyl (C=O) groups is 3. The third-order valence-corrected chi connectivity index (χ3v) is 5.20. The summed E-state index contributed by atoms with van der Waals surface area (Å²) >= 11 is 0. The van der Waals surface area contributed by atoms with Gasteiger partial charge in [-0.25, -0.2) is 9.37 Å². The third-order valence-electron chi connectivity index (χ3n) is 5.20. The van der Waals surface area contributed by atoms with Gasteiger partial charge in [0.25, 0.3) is 11.8 Å². The van der Waals surface area contributed by atoms with Crippen molar-refractivity contribution in [3.63, 3.8) is 0 Å². The van der Waals surface area contributed by atoms with Crippen LogP contribution in [0.4, 0.5) is 4.39 Å². The van der Waals surface area contributed by atoms with Gasteiger partial charge in [-0.1, -0.05) is 18.7 Å². The Morgan fingerprint density at radius 2 is 2.12 bits per heavy atom. The van der Waals surface area contributed by atoms with Gasteiger partial charge in [0.1, 0.15) is 11.6 Å². The van der Waals surface area contributed by atoms with Crippen molar-refractivity contribution < 1.29 is 27.9 Å². The van der Waals surface area contributed by atoms with Crippen molar-refractivity contribution in [3.05, 3.63) is 65.8 Å². The molecular formula is C24H27FN4O5. The lowest BCUT2D eigenvalue weighted by Gasteiger charge is -2.24. The van der Waals surface area contributed by atoms with Crippen LogP contribution in [-0.2, 0) is 9.59 Å². The van der Waals surface area contributed by atoms with Gasteiger partial charge in [0, 0.05) is 50.3 Å². The standard InChI is InChI=1S/C24H27FN4O5/c1-15-4-5-19(12-20(15)25)33-14-22(31)28-16(2)6-9-26-23(32)21-13-27-24(34-21)18-7-10-29(11-8-18)17(3)30/h4-5,7,12-13H,2,6,8-11,14H2,1,3H3,(H,26,32)(H,28,31). The molecule has 0 radical (unpaired) electrons. The first-order chi connectivity index (χ1) is 16.2. The highest BCUT2D eigenvalue weighted by Crippen LogP contribution is 2.22. The maximum Gasteiger partial charge on any atom is 0.288 e. The van der Waals surface area contributed by atoms with E-state index >= 15 is 0 Å². The minimum atomic E-state index is -0.443. The fraction of sp³-hybridized carbons (Fsp3) is 0.333. The average Bonchev–Trinajstić information content (AvgIpc) is 3.30. The number of hydrogen-bond acceptors (Lipinski definition) is 6. The van der Waals surface area contributed by atoms with Gasteiger partial charge in [0.15, 0.2) is 6.61 Å². The monoisotopic (exact) mass is 470 g/mol. The van der Waals surface area contributed by atoms with Crippen LogP contribution in [0.1, 0.15) is 41.8 Å². The molecule has 0 atom stereocenters. The molecule has 0 saturated carbocycles. The molecule has 1 aromatic carbocycles. The molecule has 0 aliphatic carbocycles. The quantitative estimate of drug-likeness (QED) is 0.582. The fourth-order valence-corrected chi connectivity index (χ4v) is 3.20. The summed E-state index contributed by atoms with van der Waals surface area (Å²) in [5.41, 5.74) is 1.73. The van der Waals surface area contributed by atoms with Crippen LogP contribution in [0.25, 0.3) is 5.57 Å². The van der Waals surface area contributed by atoms with Gasteiger partial charge >= 0.3 is 0 Å². The Morgan fingerprint density at radius 3 is 2.79 bits per heavy atom. The van der Waals surface area contributed by atoms with E-state index in [4.69, 9.17) is 9.15 Å². The van der Waals surface area contributed by atoms with E-state index in [2.05, 4.69) is 22.2 Å². The van der Waals surface area contributed by atoms with Crippen LogP contribution >= 0.6 is 0 Å². The molecular weight excluding hydrogens is 443 g/mol. The van der Waals surface area contributed by atoms with E-state index in [0.29, 0.717) is 43.1 Å². The van der Waals surface area contributed by atoms with Crippen molar-refractivity contribution in [2.24, 2.45) is 0 Å². The molecule has 1 aliphatic rings.